The Morgan fingerprint density at radius 2 is 2.22 bits per heavy atom. The van der Waals surface area contributed by atoms with E-state index in [-0.39, 0.29) is 5.91 Å². The fourth-order valence-electron chi connectivity index (χ4n) is 1.83. The zero-order valence-corrected chi connectivity index (χ0v) is 12.5. The lowest BCUT2D eigenvalue weighted by Gasteiger charge is -2.17. The molecule has 9 heteroatoms. The van der Waals surface area contributed by atoms with Gasteiger partial charge in [0.2, 0.25) is 5.91 Å². The maximum absolute atomic E-state index is 12.9. The van der Waals surface area contributed by atoms with Crippen molar-refractivity contribution < 1.29 is 18.0 Å². The van der Waals surface area contributed by atoms with E-state index in [1.165, 1.54) is 0 Å². The van der Waals surface area contributed by atoms with Crippen LogP contribution in [0.15, 0.2) is 11.0 Å². The Morgan fingerprint density at radius 3 is 2.78 bits per heavy atom. The lowest BCUT2D eigenvalue weighted by atomic mass is 10.1. The molecule has 1 aromatic heterocycles. The number of halogens is 3. The molecule has 3 N–H and O–H groups in total. The third-order valence-corrected chi connectivity index (χ3v) is 2.98. The van der Waals surface area contributed by atoms with E-state index in [9.17, 15) is 22.8 Å². The molecule has 0 bridgehead atoms. The van der Waals surface area contributed by atoms with Gasteiger partial charge in [-0.25, -0.2) is 5.10 Å². The largest absolute Gasteiger partial charge is 0.423 e. The third kappa shape index (κ3) is 5.65. The summed E-state index contributed by atoms with van der Waals surface area (Å²) >= 11 is 0. The van der Waals surface area contributed by atoms with Crippen LogP contribution in [0.4, 0.5) is 18.9 Å². The Morgan fingerprint density at radius 1 is 1.52 bits per heavy atom. The predicted octanol–water partition coefficient (Wildman–Crippen LogP) is 1.51. The van der Waals surface area contributed by atoms with Crippen LogP contribution >= 0.6 is 0 Å². The van der Waals surface area contributed by atoms with Gasteiger partial charge in [0.1, 0.15) is 5.56 Å². The Balaban J connectivity index is 2.74. The molecule has 0 saturated heterocycles. The average Bonchev–Trinajstić information content (AvgIpc) is 2.48. The van der Waals surface area contributed by atoms with Gasteiger partial charge in [-0.1, -0.05) is 12.8 Å². The van der Waals surface area contributed by atoms with E-state index in [0.717, 1.165) is 6.20 Å². The zero-order chi connectivity index (χ0) is 17.5. The lowest BCUT2D eigenvalue weighted by molar-refractivity contribution is -0.138. The Kier molecular flexibility index (Phi) is 6.63. The summed E-state index contributed by atoms with van der Waals surface area (Å²) < 4.78 is 38.7. The van der Waals surface area contributed by atoms with Gasteiger partial charge >= 0.3 is 6.18 Å². The van der Waals surface area contributed by atoms with Gasteiger partial charge in [0.25, 0.3) is 5.56 Å². The molecule has 0 saturated carbocycles. The number of nitrogens with zero attached hydrogens (tertiary/aromatic N) is 1. The topological polar surface area (TPSA) is 86.9 Å². The van der Waals surface area contributed by atoms with Crippen LogP contribution in [0.2, 0.25) is 0 Å². The molecule has 0 aliphatic heterocycles. The molecule has 126 valence electrons. The Hall–Kier alpha value is -2.50. The minimum atomic E-state index is -4.83. The van der Waals surface area contributed by atoms with Crippen molar-refractivity contribution in [3.63, 3.8) is 0 Å². The second-order valence-electron chi connectivity index (χ2n) is 4.69. The molecule has 0 aliphatic carbocycles. The fraction of sp³-hybridized carbons (Fsp3) is 0.500. The first-order chi connectivity index (χ1) is 10.8. The highest BCUT2D eigenvalue weighted by Crippen LogP contribution is 2.31. The summed E-state index contributed by atoms with van der Waals surface area (Å²) in [6, 6.07) is -0.724. The average molecular weight is 330 g/mol. The minimum Gasteiger partial charge on any atom is -0.370 e. The molecule has 0 fully saturated rings. The van der Waals surface area contributed by atoms with Crippen molar-refractivity contribution in [2.45, 2.75) is 38.4 Å². The molecule has 6 nitrogen and oxygen atoms in total. The van der Waals surface area contributed by atoms with E-state index in [2.05, 4.69) is 21.7 Å². The van der Waals surface area contributed by atoms with Crippen LogP contribution in [0, 0.1) is 12.3 Å². The molecule has 1 heterocycles. The number of rotatable bonds is 7. The fourth-order valence-corrected chi connectivity index (χ4v) is 1.83. The van der Waals surface area contributed by atoms with Crippen molar-refractivity contribution in [2.75, 3.05) is 11.9 Å². The van der Waals surface area contributed by atoms with Crippen LogP contribution in [0.25, 0.3) is 0 Å². The third-order valence-electron chi connectivity index (χ3n) is 2.98. The Labute approximate surface area is 130 Å². The molecule has 1 amide bonds. The molecule has 23 heavy (non-hydrogen) atoms. The number of H-pyrrole nitrogens is 1. The number of hydrogen-bond acceptors (Lipinski definition) is 4. The molecule has 1 atom stereocenters. The number of carbonyl (C=O) groups is 1. The van der Waals surface area contributed by atoms with E-state index in [4.69, 9.17) is 6.42 Å². The molecule has 0 aromatic carbocycles. The number of amides is 1. The van der Waals surface area contributed by atoms with Crippen molar-refractivity contribution in [1.82, 2.24) is 15.5 Å². The van der Waals surface area contributed by atoms with Gasteiger partial charge < -0.3 is 10.6 Å². The van der Waals surface area contributed by atoms with Crippen molar-refractivity contribution in [1.29, 1.82) is 0 Å². The van der Waals surface area contributed by atoms with Gasteiger partial charge in [0.05, 0.1) is 17.9 Å². The summed E-state index contributed by atoms with van der Waals surface area (Å²) in [6.45, 7) is 2.08. The number of carbonyl (C=O) groups excluding carboxylic acids is 1. The second-order valence-corrected chi connectivity index (χ2v) is 4.69. The van der Waals surface area contributed by atoms with E-state index in [0.29, 0.717) is 25.8 Å². The maximum atomic E-state index is 12.9. The summed E-state index contributed by atoms with van der Waals surface area (Å²) in [5.74, 6) is 2.20. The highest BCUT2D eigenvalue weighted by Gasteiger charge is 2.37. The lowest BCUT2D eigenvalue weighted by Crippen LogP contribution is -2.29. The van der Waals surface area contributed by atoms with Gasteiger partial charge in [-0.3, -0.25) is 9.59 Å². The smallest absolute Gasteiger partial charge is 0.370 e. The van der Waals surface area contributed by atoms with Crippen LogP contribution < -0.4 is 16.2 Å². The first-order valence-corrected chi connectivity index (χ1v) is 6.93. The van der Waals surface area contributed by atoms with Gasteiger partial charge in [-0.15, -0.1) is 6.42 Å². The summed E-state index contributed by atoms with van der Waals surface area (Å²) in [4.78, 5) is 22.4. The highest BCUT2D eigenvalue weighted by atomic mass is 19.4. The van der Waals surface area contributed by atoms with Crippen molar-refractivity contribution in [3.8, 4) is 12.3 Å². The summed E-state index contributed by atoms with van der Waals surface area (Å²) in [7, 11) is 0. The van der Waals surface area contributed by atoms with Crippen LogP contribution in [-0.4, -0.2) is 28.7 Å². The number of terminal acetylenes is 1. The summed E-state index contributed by atoms with van der Waals surface area (Å²) in [5, 5.41) is 10.2. The van der Waals surface area contributed by atoms with Crippen molar-refractivity contribution in [3.05, 3.63) is 22.1 Å². The van der Waals surface area contributed by atoms with E-state index in [1.807, 2.05) is 0 Å². The quantitative estimate of drug-likeness (QED) is 0.522. The van der Waals surface area contributed by atoms with Crippen LogP contribution in [0.5, 0.6) is 0 Å². The van der Waals surface area contributed by atoms with Crippen molar-refractivity contribution in [2.24, 2.45) is 0 Å². The zero-order valence-electron chi connectivity index (χ0n) is 12.5. The first-order valence-electron chi connectivity index (χ1n) is 6.93. The molecule has 0 spiro atoms. The van der Waals surface area contributed by atoms with Gasteiger partial charge in [-0.2, -0.15) is 18.3 Å². The number of aromatic amines is 1. The normalized spacial score (nSPS) is 12.3. The van der Waals surface area contributed by atoms with Crippen molar-refractivity contribution >= 4 is 11.6 Å². The number of hydrogen-bond donors (Lipinski definition) is 3. The Bertz CT molecular complexity index is 634. The monoisotopic (exact) mass is 330 g/mol. The highest BCUT2D eigenvalue weighted by molar-refractivity contribution is 5.75. The number of anilines is 1. The molecule has 0 aliphatic rings. The van der Waals surface area contributed by atoms with Gasteiger partial charge in [0.15, 0.2) is 0 Å². The first kappa shape index (κ1) is 18.5. The van der Waals surface area contributed by atoms with E-state index in [1.54, 1.807) is 12.0 Å². The molecule has 1 rings (SSSR count). The van der Waals surface area contributed by atoms with Gasteiger partial charge in [0, 0.05) is 13.0 Å². The molecular weight excluding hydrogens is 313 g/mol. The predicted molar refractivity (Wildman–Crippen MR) is 78.6 cm³/mol. The summed E-state index contributed by atoms with van der Waals surface area (Å²) in [6.07, 6.45) is 2.49. The van der Waals surface area contributed by atoms with Crippen LogP contribution in [-0.2, 0) is 11.0 Å². The van der Waals surface area contributed by atoms with E-state index >= 15 is 0 Å². The summed E-state index contributed by atoms with van der Waals surface area (Å²) in [5.41, 5.74) is -3.18. The standard InChI is InChI=1S/C14H17F3N4O2/c1-3-9(6-5-7-18-11(22)4-2)20-10-8-19-21-13(23)12(10)14(15,16)17/h1,8-9H,4-7H2,2H3,(H,18,22)(H2,20,21,23)/t9-/m0/s1. The minimum absolute atomic E-state index is 0.117. The molecule has 1 aromatic rings. The second kappa shape index (κ2) is 8.22. The number of aromatic nitrogens is 2. The molecule has 0 radical (unpaired) electrons. The SMILES string of the molecule is C#C[C@@H](CCCNC(=O)CC)Nc1cn[nH]c(=O)c1C(F)(F)F. The molecular formula is C14H17F3N4O2. The van der Waals surface area contributed by atoms with E-state index < -0.39 is 29.0 Å². The van der Waals surface area contributed by atoms with Gasteiger partial charge in [-0.05, 0) is 12.8 Å². The number of alkyl halides is 3. The maximum Gasteiger partial charge on any atom is 0.423 e. The molecule has 0 unspecified atom stereocenters. The van der Waals surface area contributed by atoms with Crippen LogP contribution in [0.1, 0.15) is 31.7 Å². The number of nitrogens with one attached hydrogen (secondary N) is 3. The van der Waals surface area contributed by atoms with Crippen LogP contribution in [0.3, 0.4) is 0 Å².